The SMILES string of the molecule is COC1(OC)C=CC(=O)CC1/C(C)=C/Cc1ccccc1. The highest BCUT2D eigenvalue weighted by Crippen LogP contribution is 2.36. The monoisotopic (exact) mass is 286 g/mol. The van der Waals surface area contributed by atoms with E-state index in [1.165, 1.54) is 5.56 Å². The Morgan fingerprint density at radius 2 is 1.95 bits per heavy atom. The van der Waals surface area contributed by atoms with Crippen LogP contribution in [0.4, 0.5) is 0 Å². The molecule has 0 spiro atoms. The summed E-state index contributed by atoms with van der Waals surface area (Å²) in [4.78, 5) is 11.7. The van der Waals surface area contributed by atoms with Crippen LogP contribution in [0.25, 0.3) is 0 Å². The van der Waals surface area contributed by atoms with E-state index >= 15 is 0 Å². The summed E-state index contributed by atoms with van der Waals surface area (Å²) in [5.74, 6) is -0.823. The number of hydrogen-bond acceptors (Lipinski definition) is 3. The van der Waals surface area contributed by atoms with Crippen molar-refractivity contribution >= 4 is 5.78 Å². The zero-order chi connectivity index (χ0) is 15.3. The lowest BCUT2D eigenvalue weighted by atomic mass is 9.81. The molecule has 0 fully saturated rings. The van der Waals surface area contributed by atoms with Crippen LogP contribution in [-0.2, 0) is 20.7 Å². The molecule has 0 radical (unpaired) electrons. The molecule has 3 nitrogen and oxygen atoms in total. The quantitative estimate of drug-likeness (QED) is 0.615. The van der Waals surface area contributed by atoms with Crippen LogP contribution in [0.2, 0.25) is 0 Å². The first-order valence-electron chi connectivity index (χ1n) is 7.14. The lowest BCUT2D eigenvalue weighted by Crippen LogP contribution is -2.44. The van der Waals surface area contributed by atoms with Gasteiger partial charge in [0, 0.05) is 26.6 Å². The maximum absolute atomic E-state index is 11.7. The molecule has 1 aliphatic carbocycles. The lowest BCUT2D eigenvalue weighted by molar-refractivity contribution is -0.200. The summed E-state index contributed by atoms with van der Waals surface area (Å²) in [7, 11) is 3.22. The van der Waals surface area contributed by atoms with E-state index in [4.69, 9.17) is 9.47 Å². The van der Waals surface area contributed by atoms with Gasteiger partial charge in [-0.1, -0.05) is 42.0 Å². The highest BCUT2D eigenvalue weighted by molar-refractivity contribution is 5.91. The predicted octanol–water partition coefficient (Wildman–Crippen LogP) is 3.31. The molecule has 2 rings (SSSR count). The molecule has 1 aliphatic rings. The van der Waals surface area contributed by atoms with Crippen molar-refractivity contribution in [2.45, 2.75) is 25.6 Å². The van der Waals surface area contributed by atoms with Crippen LogP contribution < -0.4 is 0 Å². The van der Waals surface area contributed by atoms with Gasteiger partial charge in [-0.3, -0.25) is 4.79 Å². The maximum Gasteiger partial charge on any atom is 0.194 e. The van der Waals surface area contributed by atoms with Gasteiger partial charge in [-0.15, -0.1) is 0 Å². The smallest absolute Gasteiger partial charge is 0.194 e. The normalized spacial score (nSPS) is 21.6. The van der Waals surface area contributed by atoms with Crippen LogP contribution in [0.15, 0.2) is 54.1 Å². The van der Waals surface area contributed by atoms with Crippen molar-refractivity contribution in [1.82, 2.24) is 0 Å². The molecule has 0 aromatic heterocycles. The van der Waals surface area contributed by atoms with E-state index < -0.39 is 5.79 Å². The minimum Gasteiger partial charge on any atom is -0.349 e. The molecule has 0 aliphatic heterocycles. The van der Waals surface area contributed by atoms with Crippen LogP contribution in [0.3, 0.4) is 0 Å². The number of methoxy groups -OCH3 is 2. The first-order chi connectivity index (χ1) is 10.1. The van der Waals surface area contributed by atoms with E-state index in [0.29, 0.717) is 6.42 Å². The van der Waals surface area contributed by atoms with Crippen LogP contribution in [-0.4, -0.2) is 25.8 Å². The average Bonchev–Trinajstić information content (AvgIpc) is 2.54. The third kappa shape index (κ3) is 3.49. The number of hydrogen-bond donors (Lipinski definition) is 0. The molecule has 0 N–H and O–H groups in total. The summed E-state index contributed by atoms with van der Waals surface area (Å²) in [6.07, 6.45) is 6.68. The Kier molecular flexibility index (Phi) is 5.10. The van der Waals surface area contributed by atoms with E-state index in [2.05, 4.69) is 18.2 Å². The highest BCUT2D eigenvalue weighted by atomic mass is 16.7. The molecule has 1 aromatic carbocycles. The van der Waals surface area contributed by atoms with Crippen molar-refractivity contribution < 1.29 is 14.3 Å². The first-order valence-corrected chi connectivity index (χ1v) is 7.14. The van der Waals surface area contributed by atoms with Gasteiger partial charge < -0.3 is 9.47 Å². The highest BCUT2D eigenvalue weighted by Gasteiger charge is 2.41. The Morgan fingerprint density at radius 3 is 2.57 bits per heavy atom. The van der Waals surface area contributed by atoms with Crippen LogP contribution in [0.5, 0.6) is 0 Å². The number of benzene rings is 1. The Morgan fingerprint density at radius 1 is 1.29 bits per heavy atom. The summed E-state index contributed by atoms with van der Waals surface area (Å²) in [6, 6.07) is 10.2. The van der Waals surface area contributed by atoms with E-state index in [0.717, 1.165) is 12.0 Å². The van der Waals surface area contributed by atoms with Gasteiger partial charge in [-0.2, -0.15) is 0 Å². The van der Waals surface area contributed by atoms with Crippen molar-refractivity contribution in [3.63, 3.8) is 0 Å². The number of carbonyl (C=O) groups is 1. The number of carbonyl (C=O) groups excluding carboxylic acids is 1. The Bertz CT molecular complexity index is 539. The Hall–Kier alpha value is -1.71. The second-order valence-corrected chi connectivity index (χ2v) is 5.32. The molecule has 1 atom stereocenters. The molecule has 1 unspecified atom stereocenters. The van der Waals surface area contributed by atoms with Gasteiger partial charge in [0.1, 0.15) is 0 Å². The van der Waals surface area contributed by atoms with Gasteiger partial charge in [-0.05, 0) is 31.1 Å². The summed E-state index contributed by atoms with van der Waals surface area (Å²) in [5, 5.41) is 0. The predicted molar refractivity (Wildman–Crippen MR) is 82.9 cm³/mol. The molecule has 0 amide bonds. The van der Waals surface area contributed by atoms with Crippen molar-refractivity contribution in [2.75, 3.05) is 14.2 Å². The fourth-order valence-electron chi connectivity index (χ4n) is 2.75. The zero-order valence-corrected chi connectivity index (χ0v) is 12.8. The molecule has 112 valence electrons. The first kappa shape index (κ1) is 15.7. The maximum atomic E-state index is 11.7. The molecule has 21 heavy (non-hydrogen) atoms. The number of ketones is 1. The number of ether oxygens (including phenoxy) is 2. The summed E-state index contributed by atoms with van der Waals surface area (Å²) in [6.45, 7) is 2.03. The second kappa shape index (κ2) is 6.83. The Balaban J connectivity index is 2.21. The van der Waals surface area contributed by atoms with Gasteiger partial charge >= 0.3 is 0 Å². The van der Waals surface area contributed by atoms with Gasteiger partial charge in [0.2, 0.25) is 0 Å². The fraction of sp³-hybridized carbons (Fsp3) is 0.389. The minimum absolute atomic E-state index is 0.0892. The van der Waals surface area contributed by atoms with E-state index in [1.54, 1.807) is 26.4 Å². The molecule has 0 saturated carbocycles. The average molecular weight is 286 g/mol. The molecular weight excluding hydrogens is 264 g/mol. The Labute approximate surface area is 126 Å². The lowest BCUT2D eigenvalue weighted by Gasteiger charge is -2.38. The van der Waals surface area contributed by atoms with Gasteiger partial charge in [0.25, 0.3) is 0 Å². The van der Waals surface area contributed by atoms with Crippen molar-refractivity contribution in [3.8, 4) is 0 Å². The second-order valence-electron chi connectivity index (χ2n) is 5.32. The third-order valence-corrected chi connectivity index (χ3v) is 4.08. The number of rotatable bonds is 5. The van der Waals surface area contributed by atoms with Crippen molar-refractivity contribution in [1.29, 1.82) is 0 Å². The molecule has 0 bridgehead atoms. The largest absolute Gasteiger partial charge is 0.349 e. The van der Waals surface area contributed by atoms with Gasteiger partial charge in [0.05, 0.1) is 0 Å². The van der Waals surface area contributed by atoms with Gasteiger partial charge in [0.15, 0.2) is 11.6 Å². The minimum atomic E-state index is -0.842. The van der Waals surface area contributed by atoms with Crippen LogP contribution >= 0.6 is 0 Å². The standard InChI is InChI=1S/C18H22O3/c1-14(9-10-15-7-5-4-6-8-15)17-13-16(19)11-12-18(17,20-2)21-3/h4-9,11-12,17H,10,13H2,1-3H3/b14-9+. The van der Waals surface area contributed by atoms with Crippen molar-refractivity contribution in [3.05, 3.63) is 59.7 Å². The summed E-state index contributed by atoms with van der Waals surface area (Å²) in [5.41, 5.74) is 2.36. The zero-order valence-electron chi connectivity index (χ0n) is 12.8. The van der Waals surface area contributed by atoms with Crippen LogP contribution in [0, 0.1) is 5.92 Å². The number of allylic oxidation sites excluding steroid dienone is 2. The molecule has 3 heteroatoms. The van der Waals surface area contributed by atoms with E-state index in [-0.39, 0.29) is 11.7 Å². The summed E-state index contributed by atoms with van der Waals surface area (Å²) < 4.78 is 11.1. The fourth-order valence-corrected chi connectivity index (χ4v) is 2.75. The molecular formula is C18H22O3. The van der Waals surface area contributed by atoms with Gasteiger partial charge in [-0.25, -0.2) is 0 Å². The molecule has 0 saturated heterocycles. The third-order valence-electron chi connectivity index (χ3n) is 4.08. The topological polar surface area (TPSA) is 35.5 Å². The van der Waals surface area contributed by atoms with Crippen molar-refractivity contribution in [2.24, 2.45) is 5.92 Å². The molecule has 0 heterocycles. The van der Waals surface area contributed by atoms with E-state index in [1.807, 2.05) is 25.1 Å². The van der Waals surface area contributed by atoms with E-state index in [9.17, 15) is 4.79 Å². The molecule has 1 aromatic rings. The van der Waals surface area contributed by atoms with Crippen LogP contribution in [0.1, 0.15) is 18.9 Å². The summed E-state index contributed by atoms with van der Waals surface area (Å²) >= 11 is 0.